The third kappa shape index (κ3) is 1.68. The Morgan fingerprint density at radius 3 is 2.17 bits per heavy atom. The van der Waals surface area contributed by atoms with Crippen LogP contribution in [0.25, 0.3) is 32.3 Å². The van der Waals surface area contributed by atoms with E-state index in [4.69, 9.17) is 11.6 Å². The van der Waals surface area contributed by atoms with Crippen molar-refractivity contribution < 1.29 is 15.3 Å². The molecule has 4 heteroatoms. The van der Waals surface area contributed by atoms with Crippen LogP contribution in [0.2, 0.25) is 0 Å². The zero-order chi connectivity index (χ0) is 16.6. The van der Waals surface area contributed by atoms with Gasteiger partial charge in [0.15, 0.2) is 0 Å². The van der Waals surface area contributed by atoms with E-state index in [1.54, 1.807) is 0 Å². The molecule has 0 unspecified atom stereocenters. The molecule has 0 saturated carbocycles. The van der Waals surface area contributed by atoms with Crippen molar-refractivity contribution in [3.8, 4) is 0 Å². The Balaban J connectivity index is 2.01. The van der Waals surface area contributed by atoms with Gasteiger partial charge in [-0.15, -0.1) is 11.6 Å². The Bertz CT molecular complexity index is 1070. The van der Waals surface area contributed by atoms with Crippen molar-refractivity contribution in [3.05, 3.63) is 59.7 Å². The van der Waals surface area contributed by atoms with Gasteiger partial charge < -0.3 is 15.3 Å². The number of alkyl halides is 1. The molecule has 1 aliphatic carbocycles. The summed E-state index contributed by atoms with van der Waals surface area (Å²) >= 11 is 6.46. The maximum atomic E-state index is 10.4. The summed E-state index contributed by atoms with van der Waals surface area (Å²) in [7, 11) is 0. The van der Waals surface area contributed by atoms with Crippen LogP contribution < -0.4 is 0 Å². The van der Waals surface area contributed by atoms with Crippen molar-refractivity contribution >= 4 is 43.9 Å². The molecule has 0 bridgehead atoms. The molecule has 0 aromatic heterocycles. The normalized spacial score (nSPS) is 27.2. The predicted octanol–water partition coefficient (Wildman–Crippen LogP) is 3.63. The van der Waals surface area contributed by atoms with E-state index in [1.807, 2.05) is 30.3 Å². The molecule has 0 heterocycles. The summed E-state index contributed by atoms with van der Waals surface area (Å²) in [5, 5.41) is 36.4. The molecule has 3 N–H and O–H groups in total. The first-order chi connectivity index (χ1) is 11.6. The summed E-state index contributed by atoms with van der Waals surface area (Å²) in [6.07, 6.45) is -3.63. The summed E-state index contributed by atoms with van der Waals surface area (Å²) < 4.78 is 0. The average Bonchev–Trinajstić information content (AvgIpc) is 2.62. The van der Waals surface area contributed by atoms with Crippen LogP contribution in [-0.4, -0.2) is 27.5 Å². The van der Waals surface area contributed by atoms with E-state index in [-0.39, 0.29) is 0 Å². The minimum atomic E-state index is -1.28. The lowest BCUT2D eigenvalue weighted by atomic mass is 9.80. The highest BCUT2D eigenvalue weighted by Crippen LogP contribution is 2.47. The molecule has 0 amide bonds. The minimum Gasteiger partial charge on any atom is -0.388 e. The predicted molar refractivity (Wildman–Crippen MR) is 95.7 cm³/mol. The second-order valence-corrected chi connectivity index (χ2v) is 7.03. The molecule has 3 nitrogen and oxygen atoms in total. The number of fused-ring (bicyclic) bond motifs is 2. The van der Waals surface area contributed by atoms with Crippen molar-refractivity contribution in [2.75, 3.05) is 0 Å². The molecule has 0 fully saturated rings. The first kappa shape index (κ1) is 14.4. The van der Waals surface area contributed by atoms with Crippen LogP contribution >= 0.6 is 11.6 Å². The quantitative estimate of drug-likeness (QED) is 0.339. The van der Waals surface area contributed by atoms with Gasteiger partial charge in [-0.25, -0.2) is 0 Å². The summed E-state index contributed by atoms with van der Waals surface area (Å²) in [6.45, 7) is 0. The van der Waals surface area contributed by atoms with E-state index in [2.05, 4.69) is 18.2 Å². The second-order valence-electron chi connectivity index (χ2n) is 6.56. The van der Waals surface area contributed by atoms with E-state index < -0.39 is 23.7 Å². The highest BCUT2D eigenvalue weighted by atomic mass is 35.5. The maximum Gasteiger partial charge on any atom is 0.112 e. The monoisotopic (exact) mass is 338 g/mol. The van der Waals surface area contributed by atoms with Gasteiger partial charge in [-0.3, -0.25) is 0 Å². The second kappa shape index (κ2) is 4.80. The Morgan fingerprint density at radius 1 is 0.750 bits per heavy atom. The number of rotatable bonds is 0. The SMILES string of the molecule is O[C@@H]1[C@H](O)[C@@H](O)c2cc3ccc4cccc5ccc(c2[C@H]1Cl)c3c45. The van der Waals surface area contributed by atoms with Crippen molar-refractivity contribution in [3.63, 3.8) is 0 Å². The highest BCUT2D eigenvalue weighted by molar-refractivity contribution is 6.27. The van der Waals surface area contributed by atoms with Gasteiger partial charge in [0.05, 0.1) is 5.38 Å². The van der Waals surface area contributed by atoms with Crippen molar-refractivity contribution in [2.45, 2.75) is 23.7 Å². The smallest absolute Gasteiger partial charge is 0.112 e. The standard InChI is InChI=1S/C20H15ClO3/c21-17-16-12-7-6-10-3-1-2-9-4-5-11(15(12)14(9)10)8-13(16)18(22)20(24)19(17)23/h1-8,17-20,22-24H/t17-,18+,19+,20-/m1/s1. The van der Waals surface area contributed by atoms with E-state index in [9.17, 15) is 15.3 Å². The summed E-state index contributed by atoms with van der Waals surface area (Å²) in [4.78, 5) is 0. The van der Waals surface area contributed by atoms with Crippen LogP contribution in [0.15, 0.2) is 48.5 Å². The number of benzene rings is 4. The third-order valence-electron chi connectivity index (χ3n) is 5.29. The van der Waals surface area contributed by atoms with E-state index in [0.29, 0.717) is 11.1 Å². The van der Waals surface area contributed by atoms with Crippen molar-refractivity contribution in [1.82, 2.24) is 0 Å². The minimum absolute atomic E-state index is 0.596. The van der Waals surface area contributed by atoms with Crippen molar-refractivity contribution in [2.24, 2.45) is 0 Å². The number of aliphatic hydroxyl groups is 3. The number of halogens is 1. The molecule has 5 rings (SSSR count). The largest absolute Gasteiger partial charge is 0.388 e. The van der Waals surface area contributed by atoms with Gasteiger partial charge in [0.2, 0.25) is 0 Å². The molecule has 0 spiro atoms. The summed E-state index contributed by atoms with van der Waals surface area (Å²) in [5.41, 5.74) is 1.31. The molecular weight excluding hydrogens is 324 g/mol. The molecule has 120 valence electrons. The van der Waals surface area contributed by atoms with Crippen LogP contribution in [0, 0.1) is 0 Å². The number of hydrogen-bond acceptors (Lipinski definition) is 3. The number of aliphatic hydroxyl groups excluding tert-OH is 3. The lowest BCUT2D eigenvalue weighted by Crippen LogP contribution is -2.40. The Labute approximate surface area is 143 Å². The average molecular weight is 339 g/mol. The van der Waals surface area contributed by atoms with Gasteiger partial charge in [0, 0.05) is 0 Å². The van der Waals surface area contributed by atoms with Gasteiger partial charge in [0.25, 0.3) is 0 Å². The molecule has 0 aliphatic heterocycles. The Hall–Kier alpha value is -1.91. The molecule has 4 atom stereocenters. The van der Waals surface area contributed by atoms with Crippen LogP contribution in [-0.2, 0) is 0 Å². The molecule has 4 aromatic carbocycles. The fourth-order valence-corrected chi connectivity index (χ4v) is 4.51. The Morgan fingerprint density at radius 2 is 1.42 bits per heavy atom. The zero-order valence-corrected chi connectivity index (χ0v) is 13.4. The van der Waals surface area contributed by atoms with Crippen LogP contribution in [0.4, 0.5) is 0 Å². The first-order valence-corrected chi connectivity index (χ1v) is 8.40. The van der Waals surface area contributed by atoms with Crippen molar-refractivity contribution in [1.29, 1.82) is 0 Å². The van der Waals surface area contributed by atoms with E-state index in [0.717, 1.165) is 32.3 Å². The third-order valence-corrected chi connectivity index (χ3v) is 5.77. The fraction of sp³-hybridized carbons (Fsp3) is 0.200. The van der Waals surface area contributed by atoms with E-state index >= 15 is 0 Å². The molecule has 4 aromatic rings. The van der Waals surface area contributed by atoms with Gasteiger partial charge in [0.1, 0.15) is 18.3 Å². The molecule has 24 heavy (non-hydrogen) atoms. The molecule has 0 radical (unpaired) electrons. The van der Waals surface area contributed by atoms with Crippen LogP contribution in [0.1, 0.15) is 22.6 Å². The van der Waals surface area contributed by atoms with Gasteiger partial charge in [-0.05, 0) is 49.5 Å². The van der Waals surface area contributed by atoms with Gasteiger partial charge in [-0.1, -0.05) is 42.5 Å². The summed E-state index contributed by atoms with van der Waals surface area (Å²) in [6, 6.07) is 16.2. The first-order valence-electron chi connectivity index (χ1n) is 7.96. The Kier molecular flexibility index (Phi) is 2.89. The topological polar surface area (TPSA) is 60.7 Å². The van der Waals surface area contributed by atoms with Gasteiger partial charge in [-0.2, -0.15) is 0 Å². The maximum absolute atomic E-state index is 10.4. The molecular formula is C20H15ClO3. The fourth-order valence-electron chi connectivity index (χ4n) is 4.12. The zero-order valence-electron chi connectivity index (χ0n) is 12.6. The lowest BCUT2D eigenvalue weighted by molar-refractivity contribution is -0.0703. The van der Waals surface area contributed by atoms with Gasteiger partial charge >= 0.3 is 0 Å². The van der Waals surface area contributed by atoms with Crippen LogP contribution in [0.3, 0.4) is 0 Å². The highest BCUT2D eigenvalue weighted by Gasteiger charge is 2.40. The van der Waals surface area contributed by atoms with E-state index in [1.165, 1.54) is 0 Å². The number of hydrogen-bond donors (Lipinski definition) is 3. The molecule has 0 saturated heterocycles. The van der Waals surface area contributed by atoms with Crippen LogP contribution in [0.5, 0.6) is 0 Å². The lowest BCUT2D eigenvalue weighted by Gasteiger charge is -2.35. The molecule has 1 aliphatic rings. The summed E-state index contributed by atoms with van der Waals surface area (Å²) in [5.74, 6) is 0.